The number of amides is 1. The number of rotatable bonds is 2. The van der Waals surface area contributed by atoms with Gasteiger partial charge >= 0.3 is 0 Å². The highest BCUT2D eigenvalue weighted by Crippen LogP contribution is 2.23. The molecule has 0 aliphatic carbocycles. The second-order valence-electron chi connectivity index (χ2n) is 5.41. The van der Waals surface area contributed by atoms with Crippen LogP contribution in [0, 0.1) is 13.8 Å². The second-order valence-corrected chi connectivity index (χ2v) is 5.41. The van der Waals surface area contributed by atoms with Crippen molar-refractivity contribution in [2.75, 3.05) is 5.01 Å². The van der Waals surface area contributed by atoms with E-state index in [-0.39, 0.29) is 5.91 Å². The van der Waals surface area contributed by atoms with E-state index in [4.69, 9.17) is 0 Å². The predicted molar refractivity (Wildman–Crippen MR) is 85.6 cm³/mol. The van der Waals surface area contributed by atoms with Crippen LogP contribution in [0.5, 0.6) is 0 Å². The van der Waals surface area contributed by atoms with E-state index in [1.54, 1.807) is 0 Å². The number of nitrogens with zero attached hydrogens (tertiary/aromatic N) is 2. The van der Waals surface area contributed by atoms with Gasteiger partial charge in [-0.3, -0.25) is 4.79 Å². The van der Waals surface area contributed by atoms with Gasteiger partial charge in [-0.25, -0.2) is 5.01 Å². The average Bonchev–Trinajstić information content (AvgIpc) is 2.49. The molecule has 21 heavy (non-hydrogen) atoms. The minimum absolute atomic E-state index is 0.0507. The molecule has 3 rings (SSSR count). The van der Waals surface area contributed by atoms with Crippen molar-refractivity contribution in [3.05, 3.63) is 65.2 Å². The van der Waals surface area contributed by atoms with Crippen molar-refractivity contribution >= 4 is 17.3 Å². The Kier molecular flexibility index (Phi) is 3.57. The number of hydrogen-bond donors (Lipinski definition) is 0. The molecule has 0 spiro atoms. The van der Waals surface area contributed by atoms with Crippen molar-refractivity contribution in [1.29, 1.82) is 0 Å². The third-order valence-corrected chi connectivity index (χ3v) is 3.73. The van der Waals surface area contributed by atoms with Crippen molar-refractivity contribution in [3.63, 3.8) is 0 Å². The summed E-state index contributed by atoms with van der Waals surface area (Å²) in [5, 5.41) is 6.12. The maximum absolute atomic E-state index is 12.1. The molecule has 0 unspecified atom stereocenters. The first kappa shape index (κ1) is 13.6. The molecule has 0 saturated heterocycles. The van der Waals surface area contributed by atoms with Gasteiger partial charge in [0.15, 0.2) is 0 Å². The van der Waals surface area contributed by atoms with Crippen LogP contribution in [0.2, 0.25) is 0 Å². The first-order chi connectivity index (χ1) is 10.1. The van der Waals surface area contributed by atoms with E-state index in [2.05, 4.69) is 37.1 Å². The van der Waals surface area contributed by atoms with Crippen molar-refractivity contribution in [1.82, 2.24) is 0 Å². The SMILES string of the molecule is Cc1ccc(C2=NN(c3ccccc3)C(=O)CC2)c(C)c1. The number of benzene rings is 2. The first-order valence-corrected chi connectivity index (χ1v) is 7.18. The zero-order valence-electron chi connectivity index (χ0n) is 12.3. The summed E-state index contributed by atoms with van der Waals surface area (Å²) in [5.41, 5.74) is 5.38. The maximum Gasteiger partial charge on any atom is 0.247 e. The van der Waals surface area contributed by atoms with Gasteiger partial charge in [0, 0.05) is 18.4 Å². The molecule has 2 aromatic carbocycles. The zero-order valence-corrected chi connectivity index (χ0v) is 12.3. The van der Waals surface area contributed by atoms with Crippen LogP contribution in [-0.4, -0.2) is 11.6 Å². The van der Waals surface area contributed by atoms with Crippen LogP contribution in [-0.2, 0) is 4.79 Å². The minimum atomic E-state index is 0.0507. The van der Waals surface area contributed by atoms with E-state index < -0.39 is 0 Å². The van der Waals surface area contributed by atoms with Gasteiger partial charge in [-0.05, 0) is 31.5 Å². The van der Waals surface area contributed by atoms with Gasteiger partial charge < -0.3 is 0 Å². The van der Waals surface area contributed by atoms with Crippen LogP contribution in [0.4, 0.5) is 5.69 Å². The highest BCUT2D eigenvalue weighted by atomic mass is 16.2. The summed E-state index contributed by atoms with van der Waals surface area (Å²) in [6.45, 7) is 4.17. The Hall–Kier alpha value is -2.42. The number of aryl methyl sites for hydroxylation is 2. The third-order valence-electron chi connectivity index (χ3n) is 3.73. The average molecular weight is 278 g/mol. The van der Waals surface area contributed by atoms with Gasteiger partial charge in [-0.15, -0.1) is 0 Å². The molecule has 1 amide bonds. The molecule has 3 nitrogen and oxygen atoms in total. The Morgan fingerprint density at radius 1 is 1.00 bits per heavy atom. The molecule has 0 fully saturated rings. The highest BCUT2D eigenvalue weighted by molar-refractivity contribution is 6.09. The molecule has 1 heterocycles. The summed E-state index contributed by atoms with van der Waals surface area (Å²) in [6, 6.07) is 15.9. The maximum atomic E-state index is 12.1. The lowest BCUT2D eigenvalue weighted by molar-refractivity contribution is -0.118. The van der Waals surface area contributed by atoms with E-state index >= 15 is 0 Å². The molecule has 3 heteroatoms. The topological polar surface area (TPSA) is 32.7 Å². The van der Waals surface area contributed by atoms with E-state index in [0.29, 0.717) is 12.8 Å². The predicted octanol–water partition coefficient (Wildman–Crippen LogP) is 3.83. The second kappa shape index (κ2) is 5.52. The molecule has 106 valence electrons. The number of hydrazone groups is 1. The zero-order chi connectivity index (χ0) is 14.8. The molecular formula is C18H18N2O. The molecule has 0 radical (unpaired) electrons. The van der Waals surface area contributed by atoms with Gasteiger partial charge in [0.1, 0.15) is 0 Å². The van der Waals surface area contributed by atoms with Gasteiger partial charge in [0.25, 0.3) is 0 Å². The Balaban J connectivity index is 2.01. The Bertz CT molecular complexity index is 704. The molecule has 1 aliphatic rings. The van der Waals surface area contributed by atoms with Crippen molar-refractivity contribution in [3.8, 4) is 0 Å². The van der Waals surface area contributed by atoms with Crippen LogP contribution in [0.1, 0.15) is 29.5 Å². The molecule has 0 atom stereocenters. The summed E-state index contributed by atoms with van der Waals surface area (Å²) in [5.74, 6) is 0.0507. The largest absolute Gasteiger partial charge is 0.273 e. The number of para-hydroxylation sites is 1. The quantitative estimate of drug-likeness (QED) is 0.821. The Morgan fingerprint density at radius 2 is 1.76 bits per heavy atom. The van der Waals surface area contributed by atoms with Crippen LogP contribution in [0.3, 0.4) is 0 Å². The first-order valence-electron chi connectivity index (χ1n) is 7.18. The lowest BCUT2D eigenvalue weighted by Gasteiger charge is -2.24. The number of hydrogen-bond acceptors (Lipinski definition) is 2. The minimum Gasteiger partial charge on any atom is -0.273 e. The van der Waals surface area contributed by atoms with Crippen molar-refractivity contribution < 1.29 is 4.79 Å². The van der Waals surface area contributed by atoms with Gasteiger partial charge in [0.2, 0.25) is 5.91 Å². The van der Waals surface area contributed by atoms with Crippen molar-refractivity contribution in [2.45, 2.75) is 26.7 Å². The fourth-order valence-electron chi connectivity index (χ4n) is 2.65. The third kappa shape index (κ3) is 2.72. The summed E-state index contributed by atoms with van der Waals surface area (Å²) in [4.78, 5) is 12.1. The number of anilines is 1. The Morgan fingerprint density at radius 3 is 2.48 bits per heavy atom. The van der Waals surface area contributed by atoms with Crippen LogP contribution in [0.25, 0.3) is 0 Å². The molecule has 0 N–H and O–H groups in total. The standard InChI is InChI=1S/C18H18N2O/c1-13-8-9-16(14(2)12-13)17-10-11-18(21)20(19-17)15-6-4-3-5-7-15/h3-9,12H,10-11H2,1-2H3. The summed E-state index contributed by atoms with van der Waals surface area (Å²) >= 11 is 0. The summed E-state index contributed by atoms with van der Waals surface area (Å²) in [6.07, 6.45) is 1.20. The Labute approximate surface area is 124 Å². The molecule has 1 aliphatic heterocycles. The molecule has 0 bridgehead atoms. The van der Waals surface area contributed by atoms with Crippen LogP contribution in [0.15, 0.2) is 53.6 Å². The molecule has 2 aromatic rings. The lowest BCUT2D eigenvalue weighted by Crippen LogP contribution is -2.32. The van der Waals surface area contributed by atoms with Gasteiger partial charge in [-0.2, -0.15) is 5.10 Å². The summed E-state index contributed by atoms with van der Waals surface area (Å²) < 4.78 is 0. The van der Waals surface area contributed by atoms with Crippen LogP contribution >= 0.6 is 0 Å². The van der Waals surface area contributed by atoms with E-state index in [9.17, 15) is 4.79 Å². The normalized spacial score (nSPS) is 15.0. The monoisotopic (exact) mass is 278 g/mol. The number of carbonyl (C=O) groups is 1. The van der Waals surface area contributed by atoms with E-state index in [1.165, 1.54) is 16.1 Å². The smallest absolute Gasteiger partial charge is 0.247 e. The van der Waals surface area contributed by atoms with Crippen LogP contribution < -0.4 is 5.01 Å². The van der Waals surface area contributed by atoms with E-state index in [1.807, 2.05) is 30.3 Å². The van der Waals surface area contributed by atoms with Crippen molar-refractivity contribution in [2.24, 2.45) is 5.10 Å². The molecule has 0 aromatic heterocycles. The van der Waals surface area contributed by atoms with Gasteiger partial charge in [-0.1, -0.05) is 42.0 Å². The number of carbonyl (C=O) groups excluding carboxylic acids is 1. The summed E-state index contributed by atoms with van der Waals surface area (Å²) in [7, 11) is 0. The fourth-order valence-corrected chi connectivity index (χ4v) is 2.65. The fraction of sp³-hybridized carbons (Fsp3) is 0.222. The highest BCUT2D eigenvalue weighted by Gasteiger charge is 2.23. The molecule has 0 saturated carbocycles. The molecular weight excluding hydrogens is 260 g/mol. The lowest BCUT2D eigenvalue weighted by atomic mass is 9.98. The van der Waals surface area contributed by atoms with E-state index in [0.717, 1.165) is 17.0 Å². The van der Waals surface area contributed by atoms with Gasteiger partial charge in [0.05, 0.1) is 11.4 Å².